The lowest BCUT2D eigenvalue weighted by Gasteiger charge is -2.20. The van der Waals surface area contributed by atoms with Gasteiger partial charge < -0.3 is 10.2 Å². The lowest BCUT2D eigenvalue weighted by atomic mass is 10.3. The molecule has 0 heterocycles. The molecule has 7 heteroatoms. The van der Waals surface area contributed by atoms with Crippen LogP contribution in [0.15, 0.2) is 18.2 Å². The second-order valence-electron chi connectivity index (χ2n) is 5.07. The highest BCUT2D eigenvalue weighted by Crippen LogP contribution is 2.25. The number of carbonyl (C=O) groups is 1. The van der Waals surface area contributed by atoms with Crippen molar-refractivity contribution in [1.82, 2.24) is 4.90 Å². The monoisotopic (exact) mass is 398 g/mol. The van der Waals surface area contributed by atoms with E-state index in [1.54, 1.807) is 30.0 Å². The zero-order valence-electron chi connectivity index (χ0n) is 13.6. The third-order valence-electron chi connectivity index (χ3n) is 3.07. The van der Waals surface area contributed by atoms with E-state index < -0.39 is 0 Å². The predicted octanol–water partition coefficient (Wildman–Crippen LogP) is 5.21. The molecule has 0 aromatic heterocycles. The summed E-state index contributed by atoms with van der Waals surface area (Å²) in [5, 5.41) is 3.86. The Bertz CT molecular complexity index is 469. The topological polar surface area (TPSA) is 32.3 Å². The van der Waals surface area contributed by atoms with E-state index in [9.17, 15) is 4.79 Å². The molecule has 0 saturated carbocycles. The molecule has 1 amide bonds. The van der Waals surface area contributed by atoms with Crippen molar-refractivity contribution in [1.29, 1.82) is 0 Å². The van der Waals surface area contributed by atoms with Crippen LogP contribution in [0.1, 0.15) is 26.7 Å². The SMILES string of the molecule is CCCN(CCC)CCSCC(=O)Nc1cc(Cl)ccc1Cl.Cl. The third-order valence-corrected chi connectivity index (χ3v) is 4.57. The van der Waals surface area contributed by atoms with Gasteiger partial charge in [0.25, 0.3) is 0 Å². The van der Waals surface area contributed by atoms with Gasteiger partial charge in [0.2, 0.25) is 5.91 Å². The Labute approximate surface area is 159 Å². The van der Waals surface area contributed by atoms with Crippen LogP contribution in [-0.4, -0.2) is 41.9 Å². The Morgan fingerprint density at radius 2 is 1.83 bits per heavy atom. The van der Waals surface area contributed by atoms with Crippen LogP contribution in [0.2, 0.25) is 10.0 Å². The molecular weight excluding hydrogens is 375 g/mol. The molecule has 132 valence electrons. The summed E-state index contributed by atoms with van der Waals surface area (Å²) in [5.41, 5.74) is 0.568. The van der Waals surface area contributed by atoms with Gasteiger partial charge in [-0.25, -0.2) is 0 Å². The number of nitrogens with one attached hydrogen (secondary N) is 1. The van der Waals surface area contributed by atoms with Crippen molar-refractivity contribution in [2.45, 2.75) is 26.7 Å². The third kappa shape index (κ3) is 9.68. The first-order valence-corrected chi connectivity index (χ1v) is 9.52. The molecule has 3 nitrogen and oxygen atoms in total. The first kappa shape index (κ1) is 22.9. The van der Waals surface area contributed by atoms with E-state index in [2.05, 4.69) is 24.1 Å². The maximum Gasteiger partial charge on any atom is 0.234 e. The molecule has 0 atom stereocenters. The van der Waals surface area contributed by atoms with E-state index in [1.807, 2.05) is 0 Å². The molecule has 23 heavy (non-hydrogen) atoms. The molecule has 1 rings (SSSR count). The number of nitrogens with zero attached hydrogens (tertiary/aromatic N) is 1. The van der Waals surface area contributed by atoms with Crippen molar-refractivity contribution < 1.29 is 4.79 Å². The molecular formula is C16H25Cl3N2OS. The molecule has 0 fully saturated rings. The Morgan fingerprint density at radius 1 is 1.17 bits per heavy atom. The summed E-state index contributed by atoms with van der Waals surface area (Å²) in [7, 11) is 0. The largest absolute Gasteiger partial charge is 0.324 e. The highest BCUT2D eigenvalue weighted by Gasteiger charge is 2.08. The first-order chi connectivity index (χ1) is 10.6. The van der Waals surface area contributed by atoms with E-state index in [0.717, 1.165) is 25.4 Å². The lowest BCUT2D eigenvalue weighted by Crippen LogP contribution is -2.28. The maximum absolute atomic E-state index is 11.9. The average Bonchev–Trinajstić information content (AvgIpc) is 2.48. The number of rotatable bonds is 10. The Balaban J connectivity index is 0.00000484. The van der Waals surface area contributed by atoms with E-state index >= 15 is 0 Å². The van der Waals surface area contributed by atoms with Crippen LogP contribution in [-0.2, 0) is 4.79 Å². The number of carbonyl (C=O) groups excluding carboxylic acids is 1. The van der Waals surface area contributed by atoms with Crippen LogP contribution in [0, 0.1) is 0 Å². The molecule has 1 aromatic rings. The minimum atomic E-state index is -0.0494. The molecule has 1 aromatic carbocycles. The zero-order valence-corrected chi connectivity index (χ0v) is 16.8. The van der Waals surface area contributed by atoms with Gasteiger partial charge in [-0.15, -0.1) is 12.4 Å². The van der Waals surface area contributed by atoms with E-state index in [-0.39, 0.29) is 18.3 Å². The average molecular weight is 400 g/mol. The van der Waals surface area contributed by atoms with Crippen LogP contribution >= 0.6 is 47.4 Å². The smallest absolute Gasteiger partial charge is 0.234 e. The summed E-state index contributed by atoms with van der Waals surface area (Å²) in [4.78, 5) is 14.4. The Morgan fingerprint density at radius 3 is 2.43 bits per heavy atom. The second-order valence-corrected chi connectivity index (χ2v) is 7.02. The summed E-state index contributed by atoms with van der Waals surface area (Å²) in [6.07, 6.45) is 2.33. The Kier molecular flexibility index (Phi) is 13.1. The number of thioether (sulfide) groups is 1. The quantitative estimate of drug-likeness (QED) is 0.548. The van der Waals surface area contributed by atoms with Gasteiger partial charge in [0, 0.05) is 17.3 Å². The van der Waals surface area contributed by atoms with Crippen molar-refractivity contribution in [2.75, 3.05) is 36.5 Å². The van der Waals surface area contributed by atoms with E-state index in [4.69, 9.17) is 23.2 Å². The minimum absolute atomic E-state index is 0. The van der Waals surface area contributed by atoms with Gasteiger partial charge in [-0.05, 0) is 44.1 Å². The van der Waals surface area contributed by atoms with Gasteiger partial charge in [0.05, 0.1) is 16.5 Å². The fourth-order valence-electron chi connectivity index (χ4n) is 2.11. The second kappa shape index (κ2) is 13.2. The van der Waals surface area contributed by atoms with Crippen LogP contribution in [0.4, 0.5) is 5.69 Å². The van der Waals surface area contributed by atoms with Crippen LogP contribution < -0.4 is 5.32 Å². The van der Waals surface area contributed by atoms with Crippen molar-refractivity contribution in [3.63, 3.8) is 0 Å². The van der Waals surface area contributed by atoms with Gasteiger partial charge in [0.1, 0.15) is 0 Å². The molecule has 1 N–H and O–H groups in total. The molecule has 0 aliphatic carbocycles. The number of amides is 1. The molecule has 0 aliphatic heterocycles. The molecule has 0 spiro atoms. The highest BCUT2D eigenvalue weighted by molar-refractivity contribution is 7.99. The van der Waals surface area contributed by atoms with Gasteiger partial charge in [-0.2, -0.15) is 11.8 Å². The summed E-state index contributed by atoms with van der Waals surface area (Å²) in [6, 6.07) is 5.04. The van der Waals surface area contributed by atoms with E-state index in [0.29, 0.717) is 21.5 Å². The number of halogens is 3. The predicted molar refractivity (Wildman–Crippen MR) is 107 cm³/mol. The maximum atomic E-state index is 11.9. The summed E-state index contributed by atoms with van der Waals surface area (Å²) < 4.78 is 0. The molecule has 0 bridgehead atoms. The Hall–Kier alpha value is -0.130. The summed E-state index contributed by atoms with van der Waals surface area (Å²) in [6.45, 7) is 7.66. The van der Waals surface area contributed by atoms with Crippen molar-refractivity contribution in [3.8, 4) is 0 Å². The minimum Gasteiger partial charge on any atom is -0.324 e. The molecule has 0 saturated heterocycles. The summed E-state index contributed by atoms with van der Waals surface area (Å²) in [5.74, 6) is 1.33. The molecule has 0 unspecified atom stereocenters. The van der Waals surface area contributed by atoms with Crippen LogP contribution in [0.25, 0.3) is 0 Å². The first-order valence-electron chi connectivity index (χ1n) is 7.61. The van der Waals surface area contributed by atoms with Gasteiger partial charge in [-0.3, -0.25) is 4.79 Å². The highest BCUT2D eigenvalue weighted by atomic mass is 35.5. The fraction of sp³-hybridized carbons (Fsp3) is 0.562. The number of benzene rings is 1. The van der Waals surface area contributed by atoms with E-state index in [1.165, 1.54) is 12.8 Å². The standard InChI is InChI=1S/C16H24Cl2N2OS.ClH/c1-3-7-20(8-4-2)9-10-22-12-16(21)19-15-11-13(17)5-6-14(15)18;/h5-6,11H,3-4,7-10,12H2,1-2H3,(H,19,21);1H. The van der Waals surface area contributed by atoms with Gasteiger partial charge >= 0.3 is 0 Å². The van der Waals surface area contributed by atoms with Crippen molar-refractivity contribution in [3.05, 3.63) is 28.2 Å². The van der Waals surface area contributed by atoms with Crippen molar-refractivity contribution in [2.24, 2.45) is 0 Å². The normalized spacial score (nSPS) is 10.5. The summed E-state index contributed by atoms with van der Waals surface area (Å²) >= 11 is 13.6. The zero-order chi connectivity index (χ0) is 16.4. The fourth-order valence-corrected chi connectivity index (χ4v) is 3.23. The van der Waals surface area contributed by atoms with Crippen molar-refractivity contribution >= 4 is 59.0 Å². The molecule has 0 radical (unpaired) electrons. The lowest BCUT2D eigenvalue weighted by molar-refractivity contribution is -0.113. The number of hydrogen-bond acceptors (Lipinski definition) is 3. The van der Waals surface area contributed by atoms with Gasteiger partial charge in [0.15, 0.2) is 0 Å². The number of hydrogen-bond donors (Lipinski definition) is 1. The van der Waals surface area contributed by atoms with Gasteiger partial charge in [-0.1, -0.05) is 37.0 Å². The van der Waals surface area contributed by atoms with Crippen LogP contribution in [0.3, 0.4) is 0 Å². The molecule has 0 aliphatic rings. The van der Waals surface area contributed by atoms with Crippen LogP contribution in [0.5, 0.6) is 0 Å². The number of anilines is 1.